The van der Waals surface area contributed by atoms with E-state index in [4.69, 9.17) is 10.3 Å². The molecule has 10 heavy (non-hydrogen) atoms. The van der Waals surface area contributed by atoms with Gasteiger partial charge in [0, 0.05) is 0 Å². The van der Waals surface area contributed by atoms with E-state index < -0.39 is 11.6 Å². The molecule has 2 atom stereocenters. The normalized spacial score (nSPS) is 20.1. The summed E-state index contributed by atoms with van der Waals surface area (Å²) in [7, 11) is 0. The largest absolute Gasteiger partial charge is 0.393 e. The zero-order valence-corrected chi connectivity index (χ0v) is 6.33. The molecule has 0 radical (unpaired) electrons. The second-order valence-electron chi connectivity index (χ2n) is 2.61. The van der Waals surface area contributed by atoms with Crippen LogP contribution in [0, 0.1) is 0 Å². The van der Waals surface area contributed by atoms with E-state index in [0.29, 0.717) is 6.42 Å². The zero-order valence-electron chi connectivity index (χ0n) is 6.33. The van der Waals surface area contributed by atoms with E-state index in [1.165, 1.54) is 6.92 Å². The maximum Gasteiger partial charge on any atom is 0.102 e. The van der Waals surface area contributed by atoms with Crippen molar-refractivity contribution in [3.8, 4) is 0 Å². The molecule has 0 aliphatic rings. The Balaban J connectivity index is 3.97. The van der Waals surface area contributed by atoms with E-state index in [0.717, 1.165) is 0 Å². The van der Waals surface area contributed by atoms with Gasteiger partial charge in [-0.1, -0.05) is 6.92 Å². The van der Waals surface area contributed by atoms with Gasteiger partial charge in [0.1, 0.15) is 5.60 Å². The topological polar surface area (TPSA) is 72.7 Å². The molecule has 0 saturated carbocycles. The maximum atomic E-state index is 9.31. The molecule has 4 heteroatoms. The van der Waals surface area contributed by atoms with Gasteiger partial charge >= 0.3 is 0 Å². The average Bonchev–Trinajstić information content (AvgIpc) is 1.90. The smallest absolute Gasteiger partial charge is 0.102 e. The second kappa shape index (κ2) is 3.88. The lowest BCUT2D eigenvalue weighted by Crippen LogP contribution is -2.49. The summed E-state index contributed by atoms with van der Waals surface area (Å²) in [5.41, 5.74) is 0.686. The van der Waals surface area contributed by atoms with Gasteiger partial charge in [-0.05, 0) is 13.3 Å². The Morgan fingerprint density at radius 3 is 2.20 bits per heavy atom. The summed E-state index contributed by atoms with van der Waals surface area (Å²) in [5, 5.41) is 26.4. The van der Waals surface area contributed by atoms with Crippen LogP contribution in [0.25, 0.3) is 0 Å². The van der Waals surface area contributed by atoms with Gasteiger partial charge in [-0.15, -0.1) is 0 Å². The Bertz CT molecular complexity index is 91.0. The van der Waals surface area contributed by atoms with Crippen molar-refractivity contribution in [2.45, 2.75) is 31.9 Å². The Hall–Kier alpha value is -0.160. The van der Waals surface area contributed by atoms with E-state index in [1.807, 2.05) is 5.48 Å². The number of hydroxylamine groups is 1. The minimum atomic E-state index is -1.25. The van der Waals surface area contributed by atoms with Gasteiger partial charge in [0.25, 0.3) is 0 Å². The highest BCUT2D eigenvalue weighted by atomic mass is 16.5. The molecule has 0 spiro atoms. The highest BCUT2D eigenvalue weighted by molar-refractivity contribution is 4.83. The molecule has 0 aromatic heterocycles. The number of nitrogens with one attached hydrogen (secondary N) is 1. The van der Waals surface area contributed by atoms with Crippen molar-refractivity contribution in [1.29, 1.82) is 0 Å². The number of aliphatic hydroxyl groups excluding tert-OH is 1. The molecular weight excluding hydrogens is 134 g/mol. The van der Waals surface area contributed by atoms with Gasteiger partial charge in [0.15, 0.2) is 0 Å². The Kier molecular flexibility index (Phi) is 3.81. The van der Waals surface area contributed by atoms with Crippen LogP contribution in [0.5, 0.6) is 0 Å². The van der Waals surface area contributed by atoms with E-state index in [9.17, 15) is 5.11 Å². The van der Waals surface area contributed by atoms with Crippen LogP contribution in [-0.2, 0) is 0 Å². The van der Waals surface area contributed by atoms with Crippen LogP contribution in [0.3, 0.4) is 0 Å². The van der Waals surface area contributed by atoms with Gasteiger partial charge in [-0.2, -0.15) is 5.48 Å². The molecule has 0 heterocycles. The Morgan fingerprint density at radius 1 is 1.60 bits per heavy atom. The minimum absolute atomic E-state index is 0.362. The van der Waals surface area contributed by atoms with Crippen LogP contribution in [0.2, 0.25) is 0 Å². The number of aliphatic hydroxyl groups is 2. The summed E-state index contributed by atoms with van der Waals surface area (Å²) in [6.07, 6.45) is 0.560. The third kappa shape index (κ3) is 2.22. The molecule has 4 nitrogen and oxygen atoms in total. The first-order valence-electron chi connectivity index (χ1n) is 3.31. The SMILES string of the molecule is CCC(NO)C(C)(O)CO. The lowest BCUT2D eigenvalue weighted by molar-refractivity contribution is -0.0649. The highest BCUT2D eigenvalue weighted by Gasteiger charge is 2.28. The average molecular weight is 149 g/mol. The monoisotopic (exact) mass is 149 g/mol. The van der Waals surface area contributed by atoms with Gasteiger partial charge in [-0.3, -0.25) is 0 Å². The van der Waals surface area contributed by atoms with E-state index in [-0.39, 0.29) is 6.61 Å². The van der Waals surface area contributed by atoms with Crippen molar-refractivity contribution in [3.05, 3.63) is 0 Å². The van der Waals surface area contributed by atoms with Crippen molar-refractivity contribution in [1.82, 2.24) is 5.48 Å². The van der Waals surface area contributed by atoms with Gasteiger partial charge in [0.2, 0.25) is 0 Å². The van der Waals surface area contributed by atoms with Crippen LogP contribution in [0.15, 0.2) is 0 Å². The van der Waals surface area contributed by atoms with E-state index in [1.54, 1.807) is 6.92 Å². The fourth-order valence-corrected chi connectivity index (χ4v) is 0.780. The molecule has 62 valence electrons. The minimum Gasteiger partial charge on any atom is -0.393 e. The molecule has 0 bridgehead atoms. The summed E-state index contributed by atoms with van der Waals surface area (Å²) in [5.74, 6) is 0. The third-order valence-electron chi connectivity index (χ3n) is 1.63. The first-order chi connectivity index (χ1) is 4.58. The molecule has 2 unspecified atom stereocenters. The maximum absolute atomic E-state index is 9.31. The third-order valence-corrected chi connectivity index (χ3v) is 1.63. The number of hydrogen-bond donors (Lipinski definition) is 4. The van der Waals surface area contributed by atoms with Crippen molar-refractivity contribution in [3.63, 3.8) is 0 Å². The molecule has 0 fully saturated rings. The quantitative estimate of drug-likeness (QED) is 0.406. The van der Waals surface area contributed by atoms with Gasteiger partial charge in [0.05, 0.1) is 12.6 Å². The van der Waals surface area contributed by atoms with Crippen LogP contribution in [0.1, 0.15) is 20.3 Å². The molecule has 0 amide bonds. The van der Waals surface area contributed by atoms with Crippen molar-refractivity contribution < 1.29 is 15.4 Å². The van der Waals surface area contributed by atoms with E-state index >= 15 is 0 Å². The predicted molar refractivity (Wildman–Crippen MR) is 36.7 cm³/mol. The van der Waals surface area contributed by atoms with Crippen molar-refractivity contribution in [2.24, 2.45) is 0 Å². The molecule has 0 aliphatic heterocycles. The number of hydrogen-bond acceptors (Lipinski definition) is 4. The molecule has 0 aromatic rings. The van der Waals surface area contributed by atoms with Crippen LogP contribution < -0.4 is 5.48 Å². The van der Waals surface area contributed by atoms with Crippen LogP contribution in [0.4, 0.5) is 0 Å². The van der Waals surface area contributed by atoms with Crippen LogP contribution >= 0.6 is 0 Å². The zero-order chi connectivity index (χ0) is 8.20. The molecule has 0 aromatic carbocycles. The lowest BCUT2D eigenvalue weighted by atomic mass is 9.96. The first kappa shape index (κ1) is 9.84. The standard InChI is InChI=1S/C6H15NO3/c1-3-5(7-10)6(2,9)4-8/h5,7-10H,3-4H2,1-2H3. The molecule has 0 saturated heterocycles. The lowest BCUT2D eigenvalue weighted by Gasteiger charge is -2.28. The van der Waals surface area contributed by atoms with Gasteiger partial charge in [-0.25, -0.2) is 0 Å². The van der Waals surface area contributed by atoms with Crippen molar-refractivity contribution >= 4 is 0 Å². The summed E-state index contributed by atoms with van der Waals surface area (Å²) >= 11 is 0. The molecule has 4 N–H and O–H groups in total. The molecule has 0 aliphatic carbocycles. The fourth-order valence-electron chi connectivity index (χ4n) is 0.780. The summed E-state index contributed by atoms with van der Waals surface area (Å²) < 4.78 is 0. The van der Waals surface area contributed by atoms with Crippen molar-refractivity contribution in [2.75, 3.05) is 6.61 Å². The number of rotatable bonds is 4. The second-order valence-corrected chi connectivity index (χ2v) is 2.61. The van der Waals surface area contributed by atoms with Crippen LogP contribution in [-0.4, -0.2) is 33.7 Å². The summed E-state index contributed by atoms with van der Waals surface area (Å²) in [6.45, 7) is 2.90. The Labute approximate surface area is 60.5 Å². The summed E-state index contributed by atoms with van der Waals surface area (Å²) in [6, 6.07) is -0.475. The molecule has 0 rings (SSSR count). The van der Waals surface area contributed by atoms with E-state index in [2.05, 4.69) is 0 Å². The summed E-state index contributed by atoms with van der Waals surface area (Å²) in [4.78, 5) is 0. The highest BCUT2D eigenvalue weighted by Crippen LogP contribution is 2.10. The fraction of sp³-hybridized carbons (Fsp3) is 1.00. The van der Waals surface area contributed by atoms with Gasteiger partial charge < -0.3 is 15.4 Å². The Morgan fingerprint density at radius 2 is 2.10 bits per heavy atom. The predicted octanol–water partition coefficient (Wildman–Crippen LogP) is -0.513. The molecular formula is C6H15NO3. The first-order valence-corrected chi connectivity index (χ1v) is 3.31.